The third kappa shape index (κ3) is 3.23. The minimum Gasteiger partial charge on any atom is -0.394 e. The molecule has 4 nitrogen and oxygen atoms in total. The highest BCUT2D eigenvalue weighted by molar-refractivity contribution is 5.12. The minimum absolute atomic E-state index is 0.181. The lowest BCUT2D eigenvalue weighted by Gasteiger charge is -2.36. The SMILES string of the molecule is CCc1cc(CC)n(CC(CO)(NC(C)C)C2CC2)n1. The van der Waals surface area contributed by atoms with E-state index in [0.717, 1.165) is 25.1 Å². The van der Waals surface area contributed by atoms with Gasteiger partial charge in [0.05, 0.1) is 24.4 Å². The van der Waals surface area contributed by atoms with Crippen LogP contribution in [0.5, 0.6) is 0 Å². The van der Waals surface area contributed by atoms with Crippen molar-refractivity contribution in [3.63, 3.8) is 0 Å². The molecule has 1 atom stereocenters. The Morgan fingerprint density at radius 3 is 2.55 bits per heavy atom. The Labute approximate surface area is 122 Å². The van der Waals surface area contributed by atoms with E-state index in [0.29, 0.717) is 12.0 Å². The van der Waals surface area contributed by atoms with Crippen molar-refractivity contribution in [3.05, 3.63) is 17.5 Å². The summed E-state index contributed by atoms with van der Waals surface area (Å²) in [4.78, 5) is 0. The number of aryl methyl sites for hydroxylation is 2. The number of aliphatic hydroxyl groups is 1. The summed E-state index contributed by atoms with van der Waals surface area (Å²) in [5.41, 5.74) is 2.20. The molecule has 114 valence electrons. The molecule has 1 heterocycles. The molecule has 0 aromatic carbocycles. The van der Waals surface area contributed by atoms with Crippen LogP contribution in [-0.4, -0.2) is 33.1 Å². The zero-order chi connectivity index (χ0) is 14.8. The van der Waals surface area contributed by atoms with Gasteiger partial charge in [-0.05, 0) is 37.7 Å². The normalized spacial score (nSPS) is 18.5. The average molecular weight is 279 g/mol. The summed E-state index contributed by atoms with van der Waals surface area (Å²) in [6.45, 7) is 9.55. The van der Waals surface area contributed by atoms with Crippen LogP contribution >= 0.6 is 0 Å². The van der Waals surface area contributed by atoms with Crippen LogP contribution < -0.4 is 5.32 Å². The molecule has 1 aromatic rings. The molecule has 0 spiro atoms. The smallest absolute Gasteiger partial charge is 0.0643 e. The molecule has 0 bridgehead atoms. The van der Waals surface area contributed by atoms with E-state index in [1.165, 1.54) is 18.5 Å². The first-order chi connectivity index (χ1) is 9.54. The summed E-state index contributed by atoms with van der Waals surface area (Å²) >= 11 is 0. The van der Waals surface area contributed by atoms with E-state index in [-0.39, 0.29) is 12.1 Å². The highest BCUT2D eigenvalue weighted by atomic mass is 16.3. The first-order valence-electron chi connectivity index (χ1n) is 7.98. The number of hydrogen-bond donors (Lipinski definition) is 2. The van der Waals surface area contributed by atoms with Crippen molar-refractivity contribution in [1.29, 1.82) is 0 Å². The topological polar surface area (TPSA) is 50.1 Å². The summed E-state index contributed by atoms with van der Waals surface area (Å²) < 4.78 is 2.11. The maximum atomic E-state index is 10.0. The molecule has 1 saturated carbocycles. The predicted molar refractivity (Wildman–Crippen MR) is 81.8 cm³/mol. The number of aliphatic hydroxyl groups excluding tert-OH is 1. The van der Waals surface area contributed by atoms with E-state index in [1.807, 2.05) is 0 Å². The molecule has 1 aliphatic carbocycles. The summed E-state index contributed by atoms with van der Waals surface area (Å²) in [7, 11) is 0. The molecule has 0 radical (unpaired) electrons. The average Bonchev–Trinajstić information content (AvgIpc) is 3.20. The fraction of sp³-hybridized carbons (Fsp3) is 0.812. The third-order valence-corrected chi connectivity index (χ3v) is 4.29. The zero-order valence-electron chi connectivity index (χ0n) is 13.3. The zero-order valence-corrected chi connectivity index (χ0v) is 13.3. The van der Waals surface area contributed by atoms with Gasteiger partial charge in [0, 0.05) is 11.7 Å². The van der Waals surface area contributed by atoms with Crippen molar-refractivity contribution in [2.45, 2.75) is 71.5 Å². The van der Waals surface area contributed by atoms with E-state index < -0.39 is 0 Å². The molecule has 4 heteroatoms. The third-order valence-electron chi connectivity index (χ3n) is 4.29. The number of rotatable bonds is 8. The van der Waals surface area contributed by atoms with E-state index in [2.05, 4.69) is 43.8 Å². The second-order valence-corrected chi connectivity index (χ2v) is 6.38. The minimum atomic E-state index is -0.213. The summed E-state index contributed by atoms with van der Waals surface area (Å²) in [6, 6.07) is 2.57. The molecule has 2 rings (SSSR count). The Hall–Kier alpha value is -0.870. The van der Waals surface area contributed by atoms with E-state index in [4.69, 9.17) is 5.10 Å². The van der Waals surface area contributed by atoms with Crippen LogP contribution in [0.25, 0.3) is 0 Å². The van der Waals surface area contributed by atoms with Gasteiger partial charge >= 0.3 is 0 Å². The van der Waals surface area contributed by atoms with Crippen molar-refractivity contribution >= 4 is 0 Å². The van der Waals surface area contributed by atoms with Crippen molar-refractivity contribution in [2.75, 3.05) is 6.61 Å². The molecule has 0 aliphatic heterocycles. The quantitative estimate of drug-likeness (QED) is 0.766. The largest absolute Gasteiger partial charge is 0.394 e. The lowest BCUT2D eigenvalue weighted by atomic mass is 9.93. The van der Waals surface area contributed by atoms with Gasteiger partial charge in [0.2, 0.25) is 0 Å². The summed E-state index contributed by atoms with van der Waals surface area (Å²) in [5.74, 6) is 0.578. The molecule has 1 fully saturated rings. The monoisotopic (exact) mass is 279 g/mol. The van der Waals surface area contributed by atoms with Crippen LogP contribution in [0.15, 0.2) is 6.07 Å². The predicted octanol–water partition coefficient (Wildman–Crippen LogP) is 2.15. The molecule has 0 saturated heterocycles. The molecule has 1 aromatic heterocycles. The van der Waals surface area contributed by atoms with E-state index in [1.54, 1.807) is 0 Å². The second-order valence-electron chi connectivity index (χ2n) is 6.38. The fourth-order valence-electron chi connectivity index (χ4n) is 3.10. The highest BCUT2D eigenvalue weighted by Gasteiger charge is 2.45. The molecule has 0 amide bonds. The highest BCUT2D eigenvalue weighted by Crippen LogP contribution is 2.41. The first-order valence-corrected chi connectivity index (χ1v) is 7.98. The van der Waals surface area contributed by atoms with Crippen molar-refractivity contribution in [3.8, 4) is 0 Å². The van der Waals surface area contributed by atoms with E-state index >= 15 is 0 Å². The van der Waals surface area contributed by atoms with Crippen LogP contribution in [0, 0.1) is 5.92 Å². The van der Waals surface area contributed by atoms with Gasteiger partial charge in [0.1, 0.15) is 0 Å². The number of aromatic nitrogens is 2. The van der Waals surface area contributed by atoms with Gasteiger partial charge in [0.25, 0.3) is 0 Å². The molecular weight excluding hydrogens is 250 g/mol. The number of nitrogens with one attached hydrogen (secondary N) is 1. The summed E-state index contributed by atoms with van der Waals surface area (Å²) in [6.07, 6.45) is 4.38. The lowest BCUT2D eigenvalue weighted by molar-refractivity contribution is 0.108. The Morgan fingerprint density at radius 1 is 1.40 bits per heavy atom. The van der Waals surface area contributed by atoms with Gasteiger partial charge in [-0.15, -0.1) is 0 Å². The lowest BCUT2D eigenvalue weighted by Crippen LogP contribution is -2.56. The molecule has 2 N–H and O–H groups in total. The molecular formula is C16H29N3O. The van der Waals surface area contributed by atoms with Crippen molar-refractivity contribution in [2.24, 2.45) is 5.92 Å². The van der Waals surface area contributed by atoms with Gasteiger partial charge in [-0.2, -0.15) is 5.10 Å². The van der Waals surface area contributed by atoms with Gasteiger partial charge in [-0.3, -0.25) is 4.68 Å². The second kappa shape index (κ2) is 6.27. The molecule has 1 unspecified atom stereocenters. The number of hydrogen-bond acceptors (Lipinski definition) is 3. The van der Waals surface area contributed by atoms with Gasteiger partial charge < -0.3 is 10.4 Å². The molecule has 20 heavy (non-hydrogen) atoms. The maximum Gasteiger partial charge on any atom is 0.0643 e. The maximum absolute atomic E-state index is 10.0. The van der Waals surface area contributed by atoms with Crippen LogP contribution in [0.2, 0.25) is 0 Å². The van der Waals surface area contributed by atoms with Gasteiger partial charge in [-0.1, -0.05) is 27.7 Å². The van der Waals surface area contributed by atoms with Crippen LogP contribution in [-0.2, 0) is 19.4 Å². The van der Waals surface area contributed by atoms with Crippen molar-refractivity contribution < 1.29 is 5.11 Å². The first kappa shape index (κ1) is 15.5. The van der Waals surface area contributed by atoms with Crippen LogP contribution in [0.3, 0.4) is 0 Å². The standard InChI is InChI=1S/C16H29N3O/c1-5-14-9-15(6-2)19(18-14)10-16(11-20,13-7-8-13)17-12(3)4/h9,12-13,17,20H,5-8,10-11H2,1-4H3. The summed E-state index contributed by atoms with van der Waals surface area (Å²) in [5, 5.41) is 18.4. The Kier molecular flexibility index (Phi) is 4.86. The number of nitrogens with zero attached hydrogens (tertiary/aromatic N) is 2. The fourth-order valence-corrected chi connectivity index (χ4v) is 3.10. The van der Waals surface area contributed by atoms with Crippen LogP contribution in [0.1, 0.15) is 51.9 Å². The molecule has 1 aliphatic rings. The van der Waals surface area contributed by atoms with Crippen LogP contribution in [0.4, 0.5) is 0 Å². The Balaban J connectivity index is 2.24. The Bertz CT molecular complexity index is 437. The van der Waals surface area contributed by atoms with E-state index in [9.17, 15) is 5.11 Å². The van der Waals surface area contributed by atoms with Crippen molar-refractivity contribution in [1.82, 2.24) is 15.1 Å². The van der Waals surface area contributed by atoms with Gasteiger partial charge in [0.15, 0.2) is 0 Å². The van der Waals surface area contributed by atoms with Gasteiger partial charge in [-0.25, -0.2) is 0 Å². The Morgan fingerprint density at radius 2 is 2.10 bits per heavy atom.